The highest BCUT2D eigenvalue weighted by Crippen LogP contribution is 2.38. The summed E-state index contributed by atoms with van der Waals surface area (Å²) in [5.41, 5.74) is 1.47. The minimum atomic E-state index is -4.35. The maximum Gasteiger partial charge on any atom is 0.401 e. The van der Waals surface area contributed by atoms with Gasteiger partial charge in [0.15, 0.2) is 0 Å². The summed E-state index contributed by atoms with van der Waals surface area (Å²) >= 11 is 1.38. The van der Waals surface area contributed by atoms with Crippen LogP contribution in [0.15, 0.2) is 0 Å². The molecule has 9 heteroatoms. The van der Waals surface area contributed by atoms with Crippen LogP contribution in [0, 0.1) is 11.3 Å². The molecule has 1 aliphatic carbocycles. The summed E-state index contributed by atoms with van der Waals surface area (Å²) in [5, 5.41) is 21.2. The number of alkyl halides is 3. The summed E-state index contributed by atoms with van der Waals surface area (Å²) in [6, 6.07) is 2.11. The Bertz CT molecular complexity index is 652. The molecule has 0 saturated heterocycles. The summed E-state index contributed by atoms with van der Waals surface area (Å²) in [4.78, 5) is 14.3. The van der Waals surface area contributed by atoms with Gasteiger partial charge >= 0.3 is 6.18 Å². The average Bonchev–Trinajstić information content (AvgIpc) is 3.09. The Balaban J connectivity index is 1.92. The number of nitrogens with zero attached hydrogens (tertiary/aromatic N) is 2. The zero-order valence-corrected chi connectivity index (χ0v) is 14.5. The van der Waals surface area contributed by atoms with Gasteiger partial charge in [0.2, 0.25) is 5.91 Å². The van der Waals surface area contributed by atoms with Crippen LogP contribution in [-0.4, -0.2) is 48.3 Å². The number of nitrogens with one attached hydrogen (secondary N) is 1. The molecule has 0 fully saturated rings. The van der Waals surface area contributed by atoms with Gasteiger partial charge in [0.1, 0.15) is 11.1 Å². The van der Waals surface area contributed by atoms with Crippen molar-refractivity contribution < 1.29 is 23.1 Å². The molecule has 5 nitrogen and oxygen atoms in total. The number of aliphatic hydroxyl groups excluding tert-OH is 1. The van der Waals surface area contributed by atoms with E-state index in [1.165, 1.54) is 11.3 Å². The number of anilines is 1. The van der Waals surface area contributed by atoms with E-state index in [-0.39, 0.29) is 32.5 Å². The Morgan fingerprint density at radius 1 is 1.36 bits per heavy atom. The van der Waals surface area contributed by atoms with E-state index in [0.717, 1.165) is 34.6 Å². The maximum atomic E-state index is 12.6. The van der Waals surface area contributed by atoms with Gasteiger partial charge in [0.05, 0.1) is 12.1 Å². The molecule has 0 unspecified atom stereocenters. The van der Waals surface area contributed by atoms with Gasteiger partial charge in [-0.15, -0.1) is 11.3 Å². The second-order valence-corrected chi connectivity index (χ2v) is 7.05. The molecule has 0 atom stereocenters. The molecule has 1 aromatic rings. The number of halogens is 3. The second kappa shape index (κ2) is 8.65. The molecule has 138 valence electrons. The summed E-state index contributed by atoms with van der Waals surface area (Å²) < 4.78 is 37.7. The molecule has 1 aliphatic rings. The van der Waals surface area contributed by atoms with Crippen molar-refractivity contribution in [1.29, 1.82) is 5.26 Å². The SMILES string of the molecule is N#Cc1c(NC(=O)CCN(CCCO)CC(F)(F)F)sc2c1CCC2. The third kappa shape index (κ3) is 5.70. The van der Waals surface area contributed by atoms with Gasteiger partial charge in [-0.25, -0.2) is 0 Å². The average molecular weight is 375 g/mol. The summed E-state index contributed by atoms with van der Waals surface area (Å²) in [6.45, 7) is -1.30. The first-order chi connectivity index (χ1) is 11.8. The predicted molar refractivity (Wildman–Crippen MR) is 88.5 cm³/mol. The van der Waals surface area contributed by atoms with E-state index < -0.39 is 18.6 Å². The highest BCUT2D eigenvalue weighted by Gasteiger charge is 2.30. The number of aryl methyl sites for hydroxylation is 1. The minimum absolute atomic E-state index is 0.0572. The molecule has 0 aromatic carbocycles. The minimum Gasteiger partial charge on any atom is -0.396 e. The van der Waals surface area contributed by atoms with Gasteiger partial charge < -0.3 is 10.4 Å². The Morgan fingerprint density at radius 3 is 2.76 bits per heavy atom. The van der Waals surface area contributed by atoms with Crippen molar-refractivity contribution in [2.45, 2.75) is 38.3 Å². The van der Waals surface area contributed by atoms with Crippen molar-refractivity contribution in [3.63, 3.8) is 0 Å². The van der Waals surface area contributed by atoms with E-state index in [1.807, 2.05) is 0 Å². The highest BCUT2D eigenvalue weighted by molar-refractivity contribution is 7.16. The topological polar surface area (TPSA) is 76.4 Å². The van der Waals surface area contributed by atoms with Gasteiger partial charge in [-0.3, -0.25) is 9.69 Å². The van der Waals surface area contributed by atoms with Crippen LogP contribution in [0.4, 0.5) is 18.2 Å². The zero-order chi connectivity index (χ0) is 18.4. The van der Waals surface area contributed by atoms with Gasteiger partial charge in [-0.05, 0) is 31.2 Å². The monoisotopic (exact) mass is 375 g/mol. The lowest BCUT2D eigenvalue weighted by Crippen LogP contribution is -2.37. The van der Waals surface area contributed by atoms with E-state index in [0.29, 0.717) is 10.6 Å². The first-order valence-electron chi connectivity index (χ1n) is 8.08. The van der Waals surface area contributed by atoms with Crippen LogP contribution in [0.5, 0.6) is 0 Å². The van der Waals surface area contributed by atoms with Crippen molar-refractivity contribution in [3.8, 4) is 6.07 Å². The van der Waals surface area contributed by atoms with Crippen molar-refractivity contribution in [2.75, 3.05) is 31.6 Å². The quantitative estimate of drug-likeness (QED) is 0.733. The van der Waals surface area contributed by atoms with Crippen LogP contribution < -0.4 is 5.32 Å². The molecular formula is C16H20F3N3O2S. The number of carbonyl (C=O) groups is 1. The Labute approximate surface area is 148 Å². The van der Waals surface area contributed by atoms with Crippen LogP contribution in [0.3, 0.4) is 0 Å². The van der Waals surface area contributed by atoms with E-state index in [2.05, 4.69) is 11.4 Å². The van der Waals surface area contributed by atoms with Crippen LogP contribution >= 0.6 is 11.3 Å². The van der Waals surface area contributed by atoms with Gasteiger partial charge in [-0.2, -0.15) is 18.4 Å². The number of carbonyl (C=O) groups excluding carboxylic acids is 1. The molecule has 1 heterocycles. The van der Waals surface area contributed by atoms with Crippen molar-refractivity contribution in [3.05, 3.63) is 16.0 Å². The fourth-order valence-electron chi connectivity index (χ4n) is 2.88. The van der Waals surface area contributed by atoms with Crippen LogP contribution in [0.1, 0.15) is 35.3 Å². The Kier molecular flexibility index (Phi) is 6.81. The van der Waals surface area contributed by atoms with Gasteiger partial charge in [-0.1, -0.05) is 0 Å². The van der Waals surface area contributed by atoms with Gasteiger partial charge in [0, 0.05) is 31.0 Å². The van der Waals surface area contributed by atoms with Crippen LogP contribution in [0.25, 0.3) is 0 Å². The second-order valence-electron chi connectivity index (χ2n) is 5.94. The van der Waals surface area contributed by atoms with Crippen LogP contribution in [-0.2, 0) is 17.6 Å². The normalized spacial score (nSPS) is 13.8. The molecule has 0 spiro atoms. The van der Waals surface area contributed by atoms with E-state index in [1.54, 1.807) is 0 Å². The summed E-state index contributed by atoms with van der Waals surface area (Å²) in [5.74, 6) is -0.410. The fraction of sp³-hybridized carbons (Fsp3) is 0.625. The van der Waals surface area contributed by atoms with Crippen LogP contribution in [0.2, 0.25) is 0 Å². The fourth-order valence-corrected chi connectivity index (χ4v) is 4.13. The third-order valence-corrected chi connectivity index (χ3v) is 5.18. The molecule has 25 heavy (non-hydrogen) atoms. The van der Waals surface area contributed by atoms with Gasteiger partial charge in [0.25, 0.3) is 0 Å². The predicted octanol–water partition coefficient (Wildman–Crippen LogP) is 2.68. The standard InChI is InChI=1S/C16H20F3N3O2S/c17-16(18,19)10-22(6-2-8-23)7-5-14(24)21-15-12(9-20)11-3-1-4-13(11)25-15/h23H,1-8,10H2,(H,21,24). The Morgan fingerprint density at radius 2 is 2.12 bits per heavy atom. The number of fused-ring (bicyclic) bond motifs is 1. The van der Waals surface area contributed by atoms with E-state index >= 15 is 0 Å². The number of hydrogen-bond acceptors (Lipinski definition) is 5. The summed E-state index contributed by atoms with van der Waals surface area (Å²) in [7, 11) is 0. The molecular weight excluding hydrogens is 355 g/mol. The number of rotatable bonds is 8. The molecule has 2 N–H and O–H groups in total. The third-order valence-electron chi connectivity index (χ3n) is 3.98. The molecule has 1 amide bonds. The number of nitriles is 1. The van der Waals surface area contributed by atoms with Crippen molar-refractivity contribution >= 4 is 22.2 Å². The number of hydrogen-bond donors (Lipinski definition) is 2. The lowest BCUT2D eigenvalue weighted by Gasteiger charge is -2.22. The smallest absolute Gasteiger partial charge is 0.396 e. The molecule has 1 aromatic heterocycles. The lowest BCUT2D eigenvalue weighted by molar-refractivity contribution is -0.147. The largest absolute Gasteiger partial charge is 0.401 e. The Hall–Kier alpha value is -1.63. The van der Waals surface area contributed by atoms with E-state index in [9.17, 15) is 23.2 Å². The molecule has 0 radical (unpaired) electrons. The van der Waals surface area contributed by atoms with Crippen molar-refractivity contribution in [1.82, 2.24) is 4.90 Å². The molecule has 0 bridgehead atoms. The first kappa shape index (κ1) is 19.7. The number of aliphatic hydroxyl groups is 1. The van der Waals surface area contributed by atoms with Crippen molar-refractivity contribution in [2.24, 2.45) is 0 Å². The molecule has 0 aliphatic heterocycles. The first-order valence-corrected chi connectivity index (χ1v) is 8.90. The zero-order valence-electron chi connectivity index (χ0n) is 13.7. The van der Waals surface area contributed by atoms with E-state index in [4.69, 9.17) is 5.11 Å². The highest BCUT2D eigenvalue weighted by atomic mass is 32.1. The number of thiophene rings is 1. The molecule has 0 saturated carbocycles. The summed E-state index contributed by atoms with van der Waals surface area (Å²) in [6.07, 6.45) is -1.52. The lowest BCUT2D eigenvalue weighted by atomic mass is 10.1. The maximum absolute atomic E-state index is 12.6. The number of amides is 1. The molecule has 2 rings (SSSR count).